The van der Waals surface area contributed by atoms with Crippen molar-refractivity contribution in [3.63, 3.8) is 0 Å². The van der Waals surface area contributed by atoms with Crippen molar-refractivity contribution >= 4 is 11.8 Å². The summed E-state index contributed by atoms with van der Waals surface area (Å²) in [5.74, 6) is -0.446. The molecule has 0 spiro atoms. The number of aromatic nitrogens is 3. The summed E-state index contributed by atoms with van der Waals surface area (Å²) < 4.78 is 21.6. The molecule has 0 bridgehead atoms. The Hall–Kier alpha value is -3.26. The number of aliphatic hydroxyl groups is 1. The summed E-state index contributed by atoms with van der Waals surface area (Å²) in [4.78, 5) is 17.1. The van der Waals surface area contributed by atoms with Crippen LogP contribution in [-0.4, -0.2) is 45.2 Å². The minimum atomic E-state index is -0.594. The van der Waals surface area contributed by atoms with Crippen molar-refractivity contribution in [1.82, 2.24) is 14.8 Å². The standard InChI is InChI=1S/C19H17FN4O3/c20-18-7-14(24-9-15(10-25)27-19(24)26)5-6-17(18)16-4-2-1-3-13(16)8-23-12-21-11-22-23/h1-7,11-12,15,25H,8-10H2/t15-/m1/s1. The van der Waals surface area contributed by atoms with E-state index in [1.165, 1.54) is 17.3 Å². The number of carbonyl (C=O) groups excluding carboxylic acids is 1. The molecule has 3 aromatic rings. The van der Waals surface area contributed by atoms with E-state index in [0.29, 0.717) is 17.8 Å². The van der Waals surface area contributed by atoms with Crippen molar-refractivity contribution < 1.29 is 19.0 Å². The maximum Gasteiger partial charge on any atom is 0.414 e. The Morgan fingerprint density at radius 2 is 2.07 bits per heavy atom. The van der Waals surface area contributed by atoms with E-state index in [1.54, 1.807) is 23.1 Å². The molecule has 1 atom stereocenters. The minimum Gasteiger partial charge on any atom is -0.441 e. The first-order chi connectivity index (χ1) is 13.2. The van der Waals surface area contributed by atoms with Crippen LogP contribution in [0.5, 0.6) is 0 Å². The number of ether oxygens (including phenoxy) is 1. The highest BCUT2D eigenvalue weighted by molar-refractivity contribution is 5.90. The van der Waals surface area contributed by atoms with Crippen LogP contribution in [0.4, 0.5) is 14.9 Å². The zero-order valence-corrected chi connectivity index (χ0v) is 14.3. The van der Waals surface area contributed by atoms with Crippen LogP contribution >= 0.6 is 0 Å². The molecule has 138 valence electrons. The number of amides is 1. The largest absolute Gasteiger partial charge is 0.441 e. The summed E-state index contributed by atoms with van der Waals surface area (Å²) in [6.07, 6.45) is 1.87. The van der Waals surface area contributed by atoms with Crippen molar-refractivity contribution in [2.45, 2.75) is 12.6 Å². The summed E-state index contributed by atoms with van der Waals surface area (Å²) in [6, 6.07) is 12.1. The number of aliphatic hydroxyl groups excluding tert-OH is 1. The van der Waals surface area contributed by atoms with Gasteiger partial charge in [-0.05, 0) is 29.3 Å². The maximum atomic E-state index is 14.9. The number of benzene rings is 2. The third kappa shape index (κ3) is 3.39. The first-order valence-corrected chi connectivity index (χ1v) is 8.45. The van der Waals surface area contributed by atoms with Gasteiger partial charge in [-0.1, -0.05) is 24.3 Å². The van der Waals surface area contributed by atoms with Crippen molar-refractivity contribution in [3.8, 4) is 11.1 Å². The van der Waals surface area contributed by atoms with Crippen LogP contribution in [0.25, 0.3) is 11.1 Å². The monoisotopic (exact) mass is 368 g/mol. The topological polar surface area (TPSA) is 80.5 Å². The highest BCUT2D eigenvalue weighted by atomic mass is 19.1. The molecule has 0 radical (unpaired) electrons. The summed E-state index contributed by atoms with van der Waals surface area (Å²) in [5, 5.41) is 13.2. The Morgan fingerprint density at radius 3 is 2.78 bits per heavy atom. The van der Waals surface area contributed by atoms with E-state index in [4.69, 9.17) is 9.84 Å². The number of anilines is 1. The highest BCUT2D eigenvalue weighted by Gasteiger charge is 2.32. The predicted octanol–water partition coefficient (Wildman–Crippen LogP) is 2.45. The van der Waals surface area contributed by atoms with Gasteiger partial charge in [0, 0.05) is 5.56 Å². The average molecular weight is 368 g/mol. The lowest BCUT2D eigenvalue weighted by atomic mass is 9.98. The molecular formula is C19H17FN4O3. The number of rotatable bonds is 5. The second-order valence-corrected chi connectivity index (χ2v) is 6.21. The van der Waals surface area contributed by atoms with Crippen molar-refractivity contribution in [2.75, 3.05) is 18.1 Å². The molecule has 27 heavy (non-hydrogen) atoms. The number of carbonyl (C=O) groups is 1. The zero-order valence-electron chi connectivity index (χ0n) is 14.3. The summed E-state index contributed by atoms with van der Waals surface area (Å²) in [7, 11) is 0. The van der Waals surface area contributed by atoms with Crippen LogP contribution in [0.2, 0.25) is 0 Å². The number of hydrogen-bond donors (Lipinski definition) is 1. The molecule has 0 aliphatic carbocycles. The van der Waals surface area contributed by atoms with E-state index < -0.39 is 18.0 Å². The molecule has 1 aliphatic heterocycles. The van der Waals surface area contributed by atoms with Gasteiger partial charge in [0.05, 0.1) is 25.4 Å². The van der Waals surface area contributed by atoms with Gasteiger partial charge in [0.15, 0.2) is 0 Å². The van der Waals surface area contributed by atoms with Crippen LogP contribution in [0.15, 0.2) is 55.1 Å². The van der Waals surface area contributed by atoms with Crippen molar-refractivity contribution in [2.24, 2.45) is 0 Å². The first kappa shape index (κ1) is 17.2. The third-order valence-electron chi connectivity index (χ3n) is 4.45. The molecule has 8 heteroatoms. The summed E-state index contributed by atoms with van der Waals surface area (Å²) in [6.45, 7) is 0.392. The minimum absolute atomic E-state index is 0.191. The van der Waals surface area contributed by atoms with Gasteiger partial charge < -0.3 is 9.84 Å². The van der Waals surface area contributed by atoms with Crippen molar-refractivity contribution in [3.05, 3.63) is 66.5 Å². The molecule has 1 N–H and O–H groups in total. The van der Waals surface area contributed by atoms with Gasteiger partial charge in [-0.25, -0.2) is 18.9 Å². The van der Waals surface area contributed by atoms with E-state index in [-0.39, 0.29) is 13.2 Å². The number of nitrogens with zero attached hydrogens (tertiary/aromatic N) is 4. The summed E-state index contributed by atoms with van der Waals surface area (Å²) in [5.41, 5.74) is 2.47. The average Bonchev–Trinajstić information content (AvgIpc) is 3.32. The lowest BCUT2D eigenvalue weighted by Crippen LogP contribution is -2.25. The normalized spacial score (nSPS) is 16.6. The van der Waals surface area contributed by atoms with Gasteiger partial charge in [0.25, 0.3) is 0 Å². The molecule has 1 aromatic heterocycles. The van der Waals surface area contributed by atoms with Crippen LogP contribution in [-0.2, 0) is 11.3 Å². The predicted molar refractivity (Wildman–Crippen MR) is 95.7 cm³/mol. The number of halogens is 1. The second kappa shape index (κ2) is 7.16. The van der Waals surface area contributed by atoms with E-state index in [9.17, 15) is 9.18 Å². The Kier molecular flexibility index (Phi) is 4.55. The molecule has 1 amide bonds. The lowest BCUT2D eigenvalue weighted by Gasteiger charge is -2.15. The number of hydrogen-bond acceptors (Lipinski definition) is 5. The van der Waals surface area contributed by atoms with Gasteiger partial charge in [-0.2, -0.15) is 5.10 Å². The molecule has 2 heterocycles. The second-order valence-electron chi connectivity index (χ2n) is 6.21. The molecule has 1 fully saturated rings. The third-order valence-corrected chi connectivity index (χ3v) is 4.45. The van der Waals surface area contributed by atoms with Gasteiger partial charge in [-0.15, -0.1) is 0 Å². The molecule has 0 unspecified atom stereocenters. The quantitative estimate of drug-likeness (QED) is 0.748. The van der Waals surface area contributed by atoms with E-state index in [2.05, 4.69) is 10.1 Å². The fraction of sp³-hybridized carbons (Fsp3) is 0.211. The van der Waals surface area contributed by atoms with Gasteiger partial charge in [-0.3, -0.25) is 4.90 Å². The molecule has 0 saturated carbocycles. The summed E-state index contributed by atoms with van der Waals surface area (Å²) >= 11 is 0. The van der Waals surface area contributed by atoms with Gasteiger partial charge in [0.2, 0.25) is 0 Å². The Balaban J connectivity index is 1.65. The SMILES string of the molecule is O=C1O[C@@H](CO)CN1c1ccc(-c2ccccc2Cn2cncn2)c(F)c1. The van der Waals surface area contributed by atoms with Gasteiger partial charge >= 0.3 is 6.09 Å². The van der Waals surface area contributed by atoms with Crippen LogP contribution in [0, 0.1) is 5.82 Å². The fourth-order valence-corrected chi connectivity index (χ4v) is 3.13. The molecular weight excluding hydrogens is 351 g/mol. The maximum absolute atomic E-state index is 14.9. The van der Waals surface area contributed by atoms with E-state index in [1.807, 2.05) is 24.3 Å². The van der Waals surface area contributed by atoms with E-state index >= 15 is 0 Å². The fourth-order valence-electron chi connectivity index (χ4n) is 3.13. The molecule has 4 rings (SSSR count). The zero-order chi connectivity index (χ0) is 18.8. The van der Waals surface area contributed by atoms with Crippen LogP contribution < -0.4 is 4.90 Å². The van der Waals surface area contributed by atoms with Gasteiger partial charge in [0.1, 0.15) is 24.6 Å². The highest BCUT2D eigenvalue weighted by Crippen LogP contribution is 2.31. The first-order valence-electron chi connectivity index (χ1n) is 8.45. The smallest absolute Gasteiger partial charge is 0.414 e. The van der Waals surface area contributed by atoms with E-state index in [0.717, 1.165) is 11.1 Å². The van der Waals surface area contributed by atoms with Crippen LogP contribution in [0.3, 0.4) is 0 Å². The lowest BCUT2D eigenvalue weighted by molar-refractivity contribution is 0.0963. The van der Waals surface area contributed by atoms with Crippen molar-refractivity contribution in [1.29, 1.82) is 0 Å². The Morgan fingerprint density at radius 1 is 1.22 bits per heavy atom. The molecule has 1 aliphatic rings. The Labute approximate surface area is 154 Å². The molecule has 2 aromatic carbocycles. The molecule has 7 nitrogen and oxygen atoms in total. The Bertz CT molecular complexity index is 961. The molecule has 1 saturated heterocycles. The number of cyclic esters (lactones) is 1. The van der Waals surface area contributed by atoms with Crippen LogP contribution in [0.1, 0.15) is 5.56 Å².